The Hall–Kier alpha value is -3.44. The fraction of sp³-hybridized carbons (Fsp3) is 0.333. The molecule has 0 radical (unpaired) electrons. The van der Waals surface area contributed by atoms with Crippen LogP contribution in [0.4, 0.5) is 0 Å². The van der Waals surface area contributed by atoms with Crippen LogP contribution in [-0.2, 0) is 16.0 Å². The Morgan fingerprint density at radius 1 is 1.09 bits per heavy atom. The zero-order chi connectivity index (χ0) is 24.9. The molecule has 5 rings (SSSR count). The topological polar surface area (TPSA) is 57.7 Å². The van der Waals surface area contributed by atoms with Crippen molar-refractivity contribution in [2.75, 3.05) is 13.7 Å². The molecule has 3 aromatic carbocycles. The Morgan fingerprint density at radius 2 is 1.83 bits per heavy atom. The summed E-state index contributed by atoms with van der Waals surface area (Å²) in [5, 5.41) is 3.02. The van der Waals surface area contributed by atoms with Crippen molar-refractivity contribution in [1.82, 2.24) is 4.98 Å². The zero-order valence-corrected chi connectivity index (χ0v) is 21.2. The molecule has 0 bridgehead atoms. The van der Waals surface area contributed by atoms with E-state index in [-0.39, 0.29) is 5.78 Å². The highest BCUT2D eigenvalue weighted by molar-refractivity contribution is 6.10. The quantitative estimate of drug-likeness (QED) is 0.323. The van der Waals surface area contributed by atoms with E-state index in [1.54, 1.807) is 14.0 Å². The van der Waals surface area contributed by atoms with Gasteiger partial charge in [0.2, 0.25) is 0 Å². The van der Waals surface area contributed by atoms with Crippen LogP contribution in [0.3, 0.4) is 0 Å². The summed E-state index contributed by atoms with van der Waals surface area (Å²) in [4.78, 5) is 17.9. The Balaban J connectivity index is 1.95. The maximum Gasteiger partial charge on any atom is 0.163 e. The monoisotopic (exact) mass is 469 g/mol. The van der Waals surface area contributed by atoms with Gasteiger partial charge in [0.25, 0.3) is 0 Å². The Bertz CT molecular complexity index is 1460. The molecule has 0 N–H and O–H groups in total. The predicted molar refractivity (Wildman–Crippen MR) is 139 cm³/mol. The number of hydrogen-bond donors (Lipinski definition) is 0. The second-order valence-corrected chi connectivity index (χ2v) is 10.1. The highest BCUT2D eigenvalue weighted by Gasteiger charge is 2.32. The molecule has 0 saturated heterocycles. The van der Waals surface area contributed by atoms with Crippen LogP contribution in [0.1, 0.15) is 50.5 Å². The van der Waals surface area contributed by atoms with Crippen molar-refractivity contribution < 1.29 is 19.0 Å². The van der Waals surface area contributed by atoms with E-state index in [1.807, 2.05) is 52.1 Å². The number of carbonyl (C=O) groups is 1. The third-order valence-electron chi connectivity index (χ3n) is 6.60. The molecular formula is C30H31NO4. The van der Waals surface area contributed by atoms with Crippen LogP contribution in [0, 0.1) is 6.92 Å². The van der Waals surface area contributed by atoms with E-state index in [2.05, 4.69) is 24.3 Å². The van der Waals surface area contributed by atoms with E-state index in [0.29, 0.717) is 6.61 Å². The number of hydrogen-bond acceptors (Lipinski definition) is 5. The molecule has 1 atom stereocenters. The molecule has 1 aliphatic rings. The number of methoxy groups -OCH3 is 1. The third-order valence-corrected chi connectivity index (χ3v) is 6.60. The molecule has 0 spiro atoms. The average Bonchev–Trinajstić information content (AvgIpc) is 2.82. The molecule has 0 aliphatic carbocycles. The SMILES string of the molecule is COc1c(C)c(C(OC(C)(C)C)C(C)=O)c(-c2ccc3c4c(ccnc24)CCO3)c2ccccc12. The first-order valence-electron chi connectivity index (χ1n) is 12.0. The zero-order valence-electron chi connectivity index (χ0n) is 21.2. The van der Waals surface area contributed by atoms with Crippen molar-refractivity contribution in [2.45, 2.75) is 52.7 Å². The maximum absolute atomic E-state index is 13.1. The van der Waals surface area contributed by atoms with Gasteiger partial charge in [-0.2, -0.15) is 0 Å². The van der Waals surface area contributed by atoms with Crippen molar-refractivity contribution in [3.8, 4) is 22.6 Å². The highest BCUT2D eigenvalue weighted by atomic mass is 16.5. The van der Waals surface area contributed by atoms with Gasteiger partial charge >= 0.3 is 0 Å². The van der Waals surface area contributed by atoms with Crippen LogP contribution < -0.4 is 9.47 Å². The van der Waals surface area contributed by atoms with Gasteiger partial charge in [-0.1, -0.05) is 24.3 Å². The number of carbonyl (C=O) groups excluding carboxylic acids is 1. The van der Waals surface area contributed by atoms with Crippen LogP contribution in [0.5, 0.6) is 11.5 Å². The second-order valence-electron chi connectivity index (χ2n) is 10.1. The van der Waals surface area contributed by atoms with Gasteiger partial charge in [0.05, 0.1) is 24.8 Å². The van der Waals surface area contributed by atoms with Gasteiger partial charge in [0.15, 0.2) is 5.78 Å². The molecule has 5 nitrogen and oxygen atoms in total. The van der Waals surface area contributed by atoms with Gasteiger partial charge in [0.1, 0.15) is 17.6 Å². The molecule has 4 aromatic rings. The number of fused-ring (bicyclic) bond motifs is 1. The fourth-order valence-electron chi connectivity index (χ4n) is 5.24. The van der Waals surface area contributed by atoms with Crippen LogP contribution in [0.15, 0.2) is 48.7 Å². The molecule has 1 aliphatic heterocycles. The molecular weight excluding hydrogens is 438 g/mol. The smallest absolute Gasteiger partial charge is 0.163 e. The summed E-state index contributed by atoms with van der Waals surface area (Å²) in [6.45, 7) is 10.2. The predicted octanol–water partition coefficient (Wildman–Crippen LogP) is 6.75. The number of ketones is 1. The minimum atomic E-state index is -0.759. The number of aromatic nitrogens is 1. The van der Waals surface area contributed by atoms with E-state index in [9.17, 15) is 4.79 Å². The van der Waals surface area contributed by atoms with Crippen molar-refractivity contribution in [3.63, 3.8) is 0 Å². The van der Waals surface area contributed by atoms with Gasteiger partial charge in [-0.3, -0.25) is 9.78 Å². The summed E-state index contributed by atoms with van der Waals surface area (Å²) in [6, 6.07) is 14.3. The van der Waals surface area contributed by atoms with Crippen molar-refractivity contribution >= 4 is 27.5 Å². The Kier molecular flexibility index (Phi) is 5.76. The van der Waals surface area contributed by atoms with Crippen molar-refractivity contribution in [1.29, 1.82) is 0 Å². The lowest BCUT2D eigenvalue weighted by atomic mass is 9.84. The molecule has 2 heterocycles. The van der Waals surface area contributed by atoms with E-state index >= 15 is 0 Å². The number of rotatable bonds is 5. The summed E-state index contributed by atoms with van der Waals surface area (Å²) in [5.41, 5.74) is 5.19. The van der Waals surface area contributed by atoms with Crippen LogP contribution in [-0.4, -0.2) is 30.1 Å². The van der Waals surface area contributed by atoms with Crippen molar-refractivity contribution in [2.24, 2.45) is 0 Å². The molecule has 0 fully saturated rings. The largest absolute Gasteiger partial charge is 0.496 e. The summed E-state index contributed by atoms with van der Waals surface area (Å²) in [7, 11) is 1.67. The average molecular weight is 470 g/mol. The van der Waals surface area contributed by atoms with Gasteiger partial charge in [-0.15, -0.1) is 0 Å². The van der Waals surface area contributed by atoms with E-state index < -0.39 is 11.7 Å². The summed E-state index contributed by atoms with van der Waals surface area (Å²) < 4.78 is 18.3. The lowest BCUT2D eigenvalue weighted by molar-refractivity contribution is -0.138. The van der Waals surface area contributed by atoms with Crippen LogP contribution in [0.25, 0.3) is 32.8 Å². The third kappa shape index (κ3) is 3.94. The van der Waals surface area contributed by atoms with E-state index in [0.717, 1.165) is 61.8 Å². The second kappa shape index (κ2) is 8.65. The van der Waals surface area contributed by atoms with Gasteiger partial charge in [-0.05, 0) is 74.9 Å². The van der Waals surface area contributed by atoms with Gasteiger partial charge in [-0.25, -0.2) is 0 Å². The maximum atomic E-state index is 13.1. The lowest BCUT2D eigenvalue weighted by Crippen LogP contribution is -2.27. The number of pyridine rings is 1. The molecule has 5 heteroatoms. The first kappa shape index (κ1) is 23.3. The number of Topliss-reactive ketones (excluding diaryl/α,β-unsaturated/α-hetero) is 1. The minimum Gasteiger partial charge on any atom is -0.496 e. The summed E-state index contributed by atoms with van der Waals surface area (Å²) >= 11 is 0. The molecule has 0 saturated carbocycles. The van der Waals surface area contributed by atoms with Gasteiger partial charge < -0.3 is 14.2 Å². The molecule has 180 valence electrons. The summed E-state index contributed by atoms with van der Waals surface area (Å²) in [5.74, 6) is 1.55. The Morgan fingerprint density at radius 3 is 2.51 bits per heavy atom. The standard InChI is InChI=1S/C30H31NO4/c1-17-24(29(18(2)32)35-30(3,4)5)26(20-9-7-8-10-21(20)28(17)33-6)22-11-12-23-25-19(14-16-34-23)13-15-31-27(22)25/h7-13,15,29H,14,16H2,1-6H3. The number of nitrogens with zero attached hydrogens (tertiary/aromatic N) is 1. The fourth-order valence-corrected chi connectivity index (χ4v) is 5.24. The van der Waals surface area contributed by atoms with E-state index in [4.69, 9.17) is 19.2 Å². The van der Waals surface area contributed by atoms with Gasteiger partial charge in [0, 0.05) is 34.5 Å². The highest BCUT2D eigenvalue weighted by Crippen LogP contribution is 2.48. The number of ether oxygens (including phenoxy) is 3. The molecule has 1 aromatic heterocycles. The minimum absolute atomic E-state index is 0.0550. The Labute approximate surface area is 206 Å². The first-order chi connectivity index (χ1) is 16.7. The number of benzene rings is 3. The molecule has 0 amide bonds. The van der Waals surface area contributed by atoms with Crippen LogP contribution in [0.2, 0.25) is 0 Å². The first-order valence-corrected chi connectivity index (χ1v) is 12.0. The molecule has 35 heavy (non-hydrogen) atoms. The van der Waals surface area contributed by atoms with E-state index in [1.165, 1.54) is 5.56 Å². The van der Waals surface area contributed by atoms with Crippen LogP contribution >= 0.6 is 0 Å². The molecule has 1 unspecified atom stereocenters. The lowest BCUT2D eigenvalue weighted by Gasteiger charge is -2.30. The summed E-state index contributed by atoms with van der Waals surface area (Å²) in [6.07, 6.45) is 1.95. The van der Waals surface area contributed by atoms with Crippen molar-refractivity contribution in [3.05, 3.63) is 65.4 Å². The normalized spacial score (nSPS) is 14.1.